The highest BCUT2D eigenvalue weighted by molar-refractivity contribution is 6.06. The Kier molecular flexibility index (Phi) is 3.66. The van der Waals surface area contributed by atoms with Gasteiger partial charge in [-0.15, -0.1) is 0 Å². The maximum atomic E-state index is 12.1. The predicted octanol–water partition coefficient (Wildman–Crippen LogP) is 2.23. The Balaban J connectivity index is 2.25. The van der Waals surface area contributed by atoms with Crippen LogP contribution in [0.25, 0.3) is 0 Å². The molecule has 5 heteroatoms. The molecule has 0 saturated heterocycles. The number of nitrogens with zero attached hydrogens (tertiary/aromatic N) is 1. The molecule has 0 aliphatic rings. The number of aromatic nitrogens is 1. The van der Waals surface area contributed by atoms with Gasteiger partial charge in [-0.2, -0.15) is 0 Å². The molecule has 1 amide bonds. The van der Waals surface area contributed by atoms with Crippen LogP contribution in [0.15, 0.2) is 36.5 Å². The van der Waals surface area contributed by atoms with Crippen LogP contribution in [0.4, 0.5) is 11.5 Å². The number of hydrogen-bond donors (Lipinski definition) is 2. The second-order valence-electron chi connectivity index (χ2n) is 4.13. The SMILES string of the molecule is COc1cc(N)ccc1C(=O)Nc1cc(C)ccn1. The summed E-state index contributed by atoms with van der Waals surface area (Å²) in [5, 5.41) is 2.72. The van der Waals surface area contributed by atoms with Crippen LogP contribution < -0.4 is 15.8 Å². The van der Waals surface area contributed by atoms with Gasteiger partial charge < -0.3 is 15.8 Å². The van der Waals surface area contributed by atoms with E-state index in [2.05, 4.69) is 10.3 Å². The number of amides is 1. The number of carbonyl (C=O) groups excluding carboxylic acids is 1. The molecule has 1 heterocycles. The molecule has 0 aliphatic heterocycles. The maximum absolute atomic E-state index is 12.1. The number of pyridine rings is 1. The molecule has 0 saturated carbocycles. The zero-order chi connectivity index (χ0) is 13.8. The molecule has 0 atom stereocenters. The number of rotatable bonds is 3. The quantitative estimate of drug-likeness (QED) is 0.827. The molecule has 0 unspecified atom stereocenters. The number of aryl methyl sites for hydroxylation is 1. The van der Waals surface area contributed by atoms with Crippen molar-refractivity contribution in [2.45, 2.75) is 6.92 Å². The van der Waals surface area contributed by atoms with E-state index in [1.165, 1.54) is 7.11 Å². The number of carbonyl (C=O) groups is 1. The van der Waals surface area contributed by atoms with Crippen molar-refractivity contribution in [3.63, 3.8) is 0 Å². The molecule has 2 aromatic rings. The summed E-state index contributed by atoms with van der Waals surface area (Å²) in [6, 6.07) is 8.54. The Morgan fingerprint density at radius 1 is 1.32 bits per heavy atom. The lowest BCUT2D eigenvalue weighted by Crippen LogP contribution is -2.14. The Labute approximate surface area is 111 Å². The second-order valence-corrected chi connectivity index (χ2v) is 4.13. The van der Waals surface area contributed by atoms with Crippen LogP contribution in [-0.2, 0) is 0 Å². The number of methoxy groups -OCH3 is 1. The van der Waals surface area contributed by atoms with Crippen LogP contribution in [0.5, 0.6) is 5.75 Å². The Bertz CT molecular complexity index is 611. The van der Waals surface area contributed by atoms with Gasteiger partial charge >= 0.3 is 0 Å². The van der Waals surface area contributed by atoms with Crippen LogP contribution >= 0.6 is 0 Å². The minimum atomic E-state index is -0.282. The first-order chi connectivity index (χ1) is 9.10. The van der Waals surface area contributed by atoms with Gasteiger partial charge in [0.25, 0.3) is 5.91 Å². The van der Waals surface area contributed by atoms with Crippen LogP contribution in [-0.4, -0.2) is 18.0 Å². The van der Waals surface area contributed by atoms with Gasteiger partial charge in [0.05, 0.1) is 12.7 Å². The molecule has 0 bridgehead atoms. The Morgan fingerprint density at radius 2 is 2.11 bits per heavy atom. The lowest BCUT2D eigenvalue weighted by molar-refractivity contribution is 0.102. The van der Waals surface area contributed by atoms with Crippen molar-refractivity contribution in [2.24, 2.45) is 0 Å². The van der Waals surface area contributed by atoms with Gasteiger partial charge in [-0.25, -0.2) is 4.98 Å². The monoisotopic (exact) mass is 257 g/mol. The fourth-order valence-corrected chi connectivity index (χ4v) is 1.68. The predicted molar refractivity (Wildman–Crippen MR) is 74.3 cm³/mol. The molecule has 3 N–H and O–H groups in total. The summed E-state index contributed by atoms with van der Waals surface area (Å²) in [6.45, 7) is 1.93. The lowest BCUT2D eigenvalue weighted by Gasteiger charge is -2.09. The molecule has 19 heavy (non-hydrogen) atoms. The van der Waals surface area contributed by atoms with E-state index in [9.17, 15) is 4.79 Å². The molecule has 0 radical (unpaired) electrons. The highest BCUT2D eigenvalue weighted by atomic mass is 16.5. The molecular formula is C14H15N3O2. The summed E-state index contributed by atoms with van der Waals surface area (Å²) in [5.74, 6) is 0.656. The molecule has 0 fully saturated rings. The number of nitrogen functional groups attached to an aromatic ring is 1. The van der Waals surface area contributed by atoms with Crippen LogP contribution in [0.1, 0.15) is 15.9 Å². The van der Waals surface area contributed by atoms with E-state index >= 15 is 0 Å². The summed E-state index contributed by atoms with van der Waals surface area (Å²) in [4.78, 5) is 16.2. The van der Waals surface area contributed by atoms with Crippen molar-refractivity contribution in [3.05, 3.63) is 47.7 Å². The zero-order valence-electron chi connectivity index (χ0n) is 10.8. The summed E-state index contributed by atoms with van der Waals surface area (Å²) in [6.07, 6.45) is 1.64. The van der Waals surface area contributed by atoms with Gasteiger partial charge in [0.15, 0.2) is 0 Å². The first kappa shape index (κ1) is 12.9. The molecule has 0 spiro atoms. The summed E-state index contributed by atoms with van der Waals surface area (Å²) < 4.78 is 5.15. The molecule has 1 aromatic carbocycles. The largest absolute Gasteiger partial charge is 0.496 e. The van der Waals surface area contributed by atoms with E-state index in [0.717, 1.165) is 5.56 Å². The fourth-order valence-electron chi connectivity index (χ4n) is 1.68. The van der Waals surface area contributed by atoms with Gasteiger partial charge in [0.2, 0.25) is 0 Å². The van der Waals surface area contributed by atoms with E-state index in [0.29, 0.717) is 22.8 Å². The minimum Gasteiger partial charge on any atom is -0.496 e. The minimum absolute atomic E-state index is 0.282. The highest BCUT2D eigenvalue weighted by Gasteiger charge is 2.13. The molecule has 2 rings (SSSR count). The number of nitrogens with two attached hydrogens (primary N) is 1. The standard InChI is InChI=1S/C14H15N3O2/c1-9-5-6-16-13(7-9)17-14(18)11-4-3-10(15)8-12(11)19-2/h3-8H,15H2,1-2H3,(H,16,17,18). The number of ether oxygens (including phenoxy) is 1. The van der Waals surface area contributed by atoms with Gasteiger partial charge in [0, 0.05) is 18.0 Å². The first-order valence-electron chi connectivity index (χ1n) is 5.77. The normalized spacial score (nSPS) is 10.0. The summed E-state index contributed by atoms with van der Waals surface area (Å²) in [7, 11) is 1.50. The van der Waals surface area contributed by atoms with E-state index in [1.54, 1.807) is 30.5 Å². The number of hydrogen-bond acceptors (Lipinski definition) is 4. The van der Waals surface area contributed by atoms with Crippen molar-refractivity contribution in [2.75, 3.05) is 18.2 Å². The smallest absolute Gasteiger partial charge is 0.260 e. The van der Waals surface area contributed by atoms with Crippen molar-refractivity contribution in [1.82, 2.24) is 4.98 Å². The molecular weight excluding hydrogens is 242 g/mol. The second kappa shape index (κ2) is 5.39. The van der Waals surface area contributed by atoms with E-state index in [-0.39, 0.29) is 5.91 Å². The van der Waals surface area contributed by atoms with Gasteiger partial charge in [-0.05, 0) is 36.8 Å². The van der Waals surface area contributed by atoms with E-state index < -0.39 is 0 Å². The number of nitrogens with one attached hydrogen (secondary N) is 1. The lowest BCUT2D eigenvalue weighted by atomic mass is 10.1. The molecule has 0 aliphatic carbocycles. The van der Waals surface area contributed by atoms with Crippen LogP contribution in [0, 0.1) is 6.92 Å². The fraction of sp³-hybridized carbons (Fsp3) is 0.143. The van der Waals surface area contributed by atoms with Gasteiger partial charge in [-0.1, -0.05) is 0 Å². The molecule has 98 valence electrons. The summed E-state index contributed by atoms with van der Waals surface area (Å²) in [5.41, 5.74) is 7.63. The average molecular weight is 257 g/mol. The van der Waals surface area contributed by atoms with Gasteiger partial charge in [0.1, 0.15) is 11.6 Å². The Hall–Kier alpha value is -2.56. The maximum Gasteiger partial charge on any atom is 0.260 e. The highest BCUT2D eigenvalue weighted by Crippen LogP contribution is 2.22. The zero-order valence-corrected chi connectivity index (χ0v) is 10.8. The average Bonchev–Trinajstić information content (AvgIpc) is 2.38. The van der Waals surface area contributed by atoms with Crippen molar-refractivity contribution in [1.29, 1.82) is 0 Å². The van der Waals surface area contributed by atoms with Crippen LogP contribution in [0.2, 0.25) is 0 Å². The third-order valence-electron chi connectivity index (χ3n) is 2.63. The third kappa shape index (κ3) is 3.01. The Morgan fingerprint density at radius 3 is 2.79 bits per heavy atom. The van der Waals surface area contributed by atoms with Gasteiger partial charge in [-0.3, -0.25) is 4.79 Å². The number of anilines is 2. The van der Waals surface area contributed by atoms with Crippen molar-refractivity contribution in [3.8, 4) is 5.75 Å². The van der Waals surface area contributed by atoms with Crippen LogP contribution in [0.3, 0.4) is 0 Å². The van der Waals surface area contributed by atoms with E-state index in [4.69, 9.17) is 10.5 Å². The summed E-state index contributed by atoms with van der Waals surface area (Å²) >= 11 is 0. The topological polar surface area (TPSA) is 77.2 Å². The third-order valence-corrected chi connectivity index (χ3v) is 2.63. The van der Waals surface area contributed by atoms with Crippen molar-refractivity contribution < 1.29 is 9.53 Å². The molecule has 1 aromatic heterocycles. The number of benzene rings is 1. The molecule has 5 nitrogen and oxygen atoms in total. The van der Waals surface area contributed by atoms with Crippen molar-refractivity contribution >= 4 is 17.4 Å². The van der Waals surface area contributed by atoms with E-state index in [1.807, 2.05) is 13.0 Å². The first-order valence-corrected chi connectivity index (χ1v) is 5.77.